The zero-order chi connectivity index (χ0) is 15.2. The molecule has 5 heteroatoms. The van der Waals surface area contributed by atoms with Gasteiger partial charge in [0.1, 0.15) is 5.75 Å². The minimum atomic E-state index is -0.0899. The molecule has 0 aromatic heterocycles. The third-order valence-electron chi connectivity index (χ3n) is 4.01. The minimum absolute atomic E-state index is 0.0899. The Morgan fingerprint density at radius 2 is 2.14 bits per heavy atom. The fraction of sp³-hybridized carbons (Fsp3) is 0.562. The van der Waals surface area contributed by atoms with Crippen molar-refractivity contribution in [2.75, 3.05) is 31.6 Å². The number of likely N-dealkylation sites (tertiary alicyclic amines) is 1. The van der Waals surface area contributed by atoms with Gasteiger partial charge in [0.25, 0.3) is 5.91 Å². The SMILES string of the molecule is CSCCN1CCC(NC(=O)c2ccc(C)c(O)c2)CC1. The van der Waals surface area contributed by atoms with Crippen molar-refractivity contribution in [1.82, 2.24) is 10.2 Å². The molecule has 0 bridgehead atoms. The van der Waals surface area contributed by atoms with Gasteiger partial charge in [0.05, 0.1) is 0 Å². The van der Waals surface area contributed by atoms with Gasteiger partial charge in [0, 0.05) is 37.0 Å². The number of nitrogens with one attached hydrogen (secondary N) is 1. The molecule has 0 spiro atoms. The fourth-order valence-electron chi connectivity index (χ4n) is 2.54. The van der Waals surface area contributed by atoms with Crippen molar-refractivity contribution in [3.05, 3.63) is 29.3 Å². The topological polar surface area (TPSA) is 52.6 Å². The zero-order valence-electron chi connectivity index (χ0n) is 12.8. The summed E-state index contributed by atoms with van der Waals surface area (Å²) in [4.78, 5) is 14.6. The van der Waals surface area contributed by atoms with Crippen LogP contribution in [0, 0.1) is 6.92 Å². The second kappa shape index (κ2) is 7.71. The first-order valence-corrected chi connectivity index (χ1v) is 8.81. The van der Waals surface area contributed by atoms with E-state index < -0.39 is 0 Å². The third-order valence-corrected chi connectivity index (χ3v) is 4.60. The van der Waals surface area contributed by atoms with Gasteiger partial charge in [-0.1, -0.05) is 6.07 Å². The van der Waals surface area contributed by atoms with Gasteiger partial charge in [-0.25, -0.2) is 0 Å². The van der Waals surface area contributed by atoms with Crippen molar-refractivity contribution in [1.29, 1.82) is 0 Å². The van der Waals surface area contributed by atoms with Crippen LogP contribution < -0.4 is 5.32 Å². The maximum absolute atomic E-state index is 12.2. The number of thioether (sulfide) groups is 1. The van der Waals surface area contributed by atoms with Crippen LogP contribution in [0.2, 0.25) is 0 Å². The second-order valence-electron chi connectivity index (χ2n) is 5.58. The van der Waals surface area contributed by atoms with Crippen molar-refractivity contribution in [2.45, 2.75) is 25.8 Å². The first-order chi connectivity index (χ1) is 10.1. The van der Waals surface area contributed by atoms with E-state index in [-0.39, 0.29) is 17.7 Å². The Bertz CT molecular complexity index is 485. The number of aromatic hydroxyl groups is 1. The van der Waals surface area contributed by atoms with Crippen molar-refractivity contribution < 1.29 is 9.90 Å². The van der Waals surface area contributed by atoms with E-state index in [0.717, 1.165) is 38.0 Å². The van der Waals surface area contributed by atoms with Crippen LogP contribution >= 0.6 is 11.8 Å². The number of amides is 1. The molecule has 1 saturated heterocycles. The number of phenols is 1. The number of carbonyl (C=O) groups excluding carboxylic acids is 1. The van der Waals surface area contributed by atoms with E-state index in [1.807, 2.05) is 18.7 Å². The average Bonchev–Trinajstić information content (AvgIpc) is 2.49. The van der Waals surface area contributed by atoms with Crippen LogP contribution in [0.4, 0.5) is 0 Å². The van der Waals surface area contributed by atoms with Gasteiger partial charge in [0.2, 0.25) is 0 Å². The Kier molecular flexibility index (Phi) is 5.94. The molecular weight excluding hydrogens is 284 g/mol. The summed E-state index contributed by atoms with van der Waals surface area (Å²) in [6.07, 6.45) is 4.12. The number of aryl methyl sites for hydroxylation is 1. The van der Waals surface area contributed by atoms with Gasteiger partial charge < -0.3 is 15.3 Å². The van der Waals surface area contributed by atoms with Crippen molar-refractivity contribution in [2.24, 2.45) is 0 Å². The number of hydrogen-bond donors (Lipinski definition) is 2. The van der Waals surface area contributed by atoms with Gasteiger partial charge in [-0.2, -0.15) is 11.8 Å². The molecule has 0 saturated carbocycles. The van der Waals surface area contributed by atoms with Gasteiger partial charge in [0.15, 0.2) is 0 Å². The molecule has 2 rings (SSSR count). The average molecular weight is 308 g/mol. The Hall–Kier alpha value is -1.20. The molecular formula is C16H24N2O2S. The summed E-state index contributed by atoms with van der Waals surface area (Å²) in [6, 6.07) is 5.32. The maximum atomic E-state index is 12.2. The highest BCUT2D eigenvalue weighted by Crippen LogP contribution is 2.18. The summed E-state index contributed by atoms with van der Waals surface area (Å²) < 4.78 is 0. The first kappa shape index (κ1) is 16.2. The molecule has 1 heterocycles. The number of piperidine rings is 1. The maximum Gasteiger partial charge on any atom is 0.251 e. The number of nitrogens with zero attached hydrogens (tertiary/aromatic N) is 1. The van der Waals surface area contributed by atoms with Crippen LogP contribution in [0.3, 0.4) is 0 Å². The van der Waals surface area contributed by atoms with Crippen LogP contribution in [0.15, 0.2) is 18.2 Å². The molecule has 0 radical (unpaired) electrons. The highest BCUT2D eigenvalue weighted by Gasteiger charge is 2.21. The van der Waals surface area contributed by atoms with E-state index in [1.54, 1.807) is 12.1 Å². The number of phenolic OH excluding ortho intramolecular Hbond substituents is 1. The Morgan fingerprint density at radius 3 is 2.76 bits per heavy atom. The number of benzene rings is 1. The van der Waals surface area contributed by atoms with Crippen LogP contribution in [0.5, 0.6) is 5.75 Å². The molecule has 2 N–H and O–H groups in total. The largest absolute Gasteiger partial charge is 0.508 e. The van der Waals surface area contributed by atoms with Crippen LogP contribution in [0.25, 0.3) is 0 Å². The number of hydrogen-bond acceptors (Lipinski definition) is 4. The highest BCUT2D eigenvalue weighted by molar-refractivity contribution is 7.98. The summed E-state index contributed by atoms with van der Waals surface area (Å²) in [6.45, 7) is 5.05. The summed E-state index contributed by atoms with van der Waals surface area (Å²) >= 11 is 1.87. The fourth-order valence-corrected chi connectivity index (χ4v) is 2.98. The molecule has 116 valence electrons. The molecule has 4 nitrogen and oxygen atoms in total. The number of rotatable bonds is 5. The predicted molar refractivity (Wildman–Crippen MR) is 88.2 cm³/mol. The van der Waals surface area contributed by atoms with Crippen LogP contribution in [0.1, 0.15) is 28.8 Å². The molecule has 1 fully saturated rings. The summed E-state index contributed by atoms with van der Waals surface area (Å²) in [7, 11) is 0. The minimum Gasteiger partial charge on any atom is -0.508 e. The lowest BCUT2D eigenvalue weighted by Crippen LogP contribution is -2.45. The van der Waals surface area contributed by atoms with Gasteiger partial charge >= 0.3 is 0 Å². The van der Waals surface area contributed by atoms with E-state index in [2.05, 4.69) is 16.5 Å². The van der Waals surface area contributed by atoms with E-state index in [1.165, 1.54) is 11.8 Å². The van der Waals surface area contributed by atoms with Gasteiger partial charge in [-0.05, 0) is 43.7 Å². The van der Waals surface area contributed by atoms with Crippen LogP contribution in [-0.4, -0.2) is 53.6 Å². The van der Waals surface area contributed by atoms with E-state index in [9.17, 15) is 9.90 Å². The van der Waals surface area contributed by atoms with Gasteiger partial charge in [-0.3, -0.25) is 4.79 Å². The smallest absolute Gasteiger partial charge is 0.251 e. The zero-order valence-corrected chi connectivity index (χ0v) is 13.6. The van der Waals surface area contributed by atoms with E-state index in [4.69, 9.17) is 0 Å². The van der Waals surface area contributed by atoms with Gasteiger partial charge in [-0.15, -0.1) is 0 Å². The lowest BCUT2D eigenvalue weighted by Gasteiger charge is -2.32. The summed E-state index contributed by atoms with van der Waals surface area (Å²) in [5.41, 5.74) is 1.32. The van der Waals surface area contributed by atoms with E-state index in [0.29, 0.717) is 5.56 Å². The standard InChI is InChI=1S/C16H24N2O2S/c1-12-3-4-13(11-15(12)19)16(20)17-14-5-7-18(8-6-14)9-10-21-2/h3-4,11,14,19H,5-10H2,1-2H3,(H,17,20). The number of carbonyl (C=O) groups is 1. The molecule has 1 aromatic rings. The summed E-state index contributed by atoms with van der Waals surface area (Å²) in [5, 5.41) is 12.8. The van der Waals surface area contributed by atoms with Crippen molar-refractivity contribution >= 4 is 17.7 Å². The molecule has 0 aliphatic carbocycles. The van der Waals surface area contributed by atoms with Crippen molar-refractivity contribution in [3.63, 3.8) is 0 Å². The van der Waals surface area contributed by atoms with Crippen LogP contribution in [-0.2, 0) is 0 Å². The quantitative estimate of drug-likeness (QED) is 0.876. The lowest BCUT2D eigenvalue weighted by atomic mass is 10.0. The summed E-state index contributed by atoms with van der Waals surface area (Å²) in [5.74, 6) is 1.25. The van der Waals surface area contributed by atoms with E-state index >= 15 is 0 Å². The first-order valence-electron chi connectivity index (χ1n) is 7.42. The molecule has 1 aliphatic rings. The monoisotopic (exact) mass is 308 g/mol. The highest BCUT2D eigenvalue weighted by atomic mass is 32.2. The third kappa shape index (κ3) is 4.64. The molecule has 0 atom stereocenters. The normalized spacial score (nSPS) is 16.9. The molecule has 1 aromatic carbocycles. The Morgan fingerprint density at radius 1 is 1.43 bits per heavy atom. The lowest BCUT2D eigenvalue weighted by molar-refractivity contribution is 0.0912. The Labute approximate surface area is 130 Å². The Balaban J connectivity index is 1.82. The second-order valence-corrected chi connectivity index (χ2v) is 6.57. The molecule has 1 aliphatic heterocycles. The molecule has 1 amide bonds. The molecule has 21 heavy (non-hydrogen) atoms. The van der Waals surface area contributed by atoms with Crippen molar-refractivity contribution in [3.8, 4) is 5.75 Å². The predicted octanol–water partition coefficient (Wildman–Crippen LogP) is 2.26. The molecule has 0 unspecified atom stereocenters.